The minimum absolute atomic E-state index is 0. The summed E-state index contributed by atoms with van der Waals surface area (Å²) in [5.41, 5.74) is 1.44. The minimum Gasteiger partial charge on any atom is -0.493 e. The fourth-order valence-electron chi connectivity index (χ4n) is 4.37. The second-order valence-corrected chi connectivity index (χ2v) is 7.90. The molecule has 0 spiro atoms. The number of rotatable bonds is 8. The molecular weight excluding hydrogens is 386 g/mol. The van der Waals surface area contributed by atoms with E-state index in [0.29, 0.717) is 18.6 Å². The van der Waals surface area contributed by atoms with E-state index in [0.717, 1.165) is 30.4 Å². The number of piperidine rings is 1. The molecule has 2 aromatic carbocycles. The summed E-state index contributed by atoms with van der Waals surface area (Å²) >= 11 is 0. The zero-order valence-electron chi connectivity index (χ0n) is 17.2. The van der Waals surface area contributed by atoms with Crippen molar-refractivity contribution in [1.29, 1.82) is 0 Å². The average molecular weight is 418 g/mol. The van der Waals surface area contributed by atoms with Gasteiger partial charge in [0.1, 0.15) is 5.75 Å². The molecule has 1 fully saturated rings. The fraction of sp³-hybridized carbons (Fsp3) is 0.500. The van der Waals surface area contributed by atoms with Crippen LogP contribution in [-0.4, -0.2) is 37.9 Å². The van der Waals surface area contributed by atoms with Gasteiger partial charge in [-0.1, -0.05) is 50.1 Å². The maximum absolute atomic E-state index is 6.23. The van der Waals surface area contributed by atoms with E-state index in [-0.39, 0.29) is 12.4 Å². The highest BCUT2D eigenvalue weighted by Crippen LogP contribution is 2.37. The first-order valence-corrected chi connectivity index (χ1v) is 10.6. The van der Waals surface area contributed by atoms with Gasteiger partial charge in [0.15, 0.2) is 11.5 Å². The second kappa shape index (κ2) is 10.7. The van der Waals surface area contributed by atoms with Crippen molar-refractivity contribution in [2.45, 2.75) is 38.5 Å². The van der Waals surface area contributed by atoms with Gasteiger partial charge in [-0.15, -0.1) is 12.4 Å². The van der Waals surface area contributed by atoms with Crippen molar-refractivity contribution in [3.8, 4) is 17.2 Å². The lowest BCUT2D eigenvalue weighted by atomic mass is 9.81. The van der Waals surface area contributed by atoms with E-state index in [4.69, 9.17) is 14.2 Å². The van der Waals surface area contributed by atoms with Crippen LogP contribution in [0, 0.1) is 5.92 Å². The Hall–Kier alpha value is -1.91. The van der Waals surface area contributed by atoms with Gasteiger partial charge in [0.25, 0.3) is 0 Å². The molecule has 4 rings (SSSR count). The van der Waals surface area contributed by atoms with E-state index in [2.05, 4.69) is 42.2 Å². The minimum atomic E-state index is 0. The third-order valence-electron chi connectivity index (χ3n) is 5.93. The molecule has 0 unspecified atom stereocenters. The molecule has 0 N–H and O–H groups in total. The molecule has 0 saturated carbocycles. The largest absolute Gasteiger partial charge is 0.493 e. The third kappa shape index (κ3) is 5.58. The van der Waals surface area contributed by atoms with Crippen LogP contribution in [-0.2, 0) is 0 Å². The van der Waals surface area contributed by atoms with Gasteiger partial charge in [-0.2, -0.15) is 0 Å². The molecule has 2 heterocycles. The summed E-state index contributed by atoms with van der Waals surface area (Å²) in [6.45, 7) is 6.78. The number of ether oxygens (including phenoxy) is 3. The van der Waals surface area contributed by atoms with Crippen LogP contribution in [0.4, 0.5) is 0 Å². The van der Waals surface area contributed by atoms with Crippen LogP contribution in [0.5, 0.6) is 17.2 Å². The average Bonchev–Trinajstić information content (AvgIpc) is 3.21. The zero-order chi connectivity index (χ0) is 19.2. The first kappa shape index (κ1) is 21.8. The smallest absolute Gasteiger partial charge is 0.231 e. The SMILES string of the molecule is CCCCCN1CC[C@@H](c2ccccc2)[C@H](COc2ccc3c(c2)OCO3)C1.Cl. The first-order valence-electron chi connectivity index (χ1n) is 10.6. The molecule has 2 aromatic rings. The molecule has 0 amide bonds. The van der Waals surface area contributed by atoms with E-state index < -0.39 is 0 Å². The van der Waals surface area contributed by atoms with Crippen molar-refractivity contribution in [2.24, 2.45) is 5.92 Å². The fourth-order valence-corrected chi connectivity index (χ4v) is 4.37. The normalized spacial score (nSPS) is 20.9. The van der Waals surface area contributed by atoms with Crippen LogP contribution in [0.1, 0.15) is 44.1 Å². The lowest BCUT2D eigenvalue weighted by Crippen LogP contribution is -2.42. The highest BCUT2D eigenvalue weighted by Gasteiger charge is 2.30. The van der Waals surface area contributed by atoms with Gasteiger partial charge in [-0.3, -0.25) is 0 Å². The number of unbranched alkanes of at least 4 members (excludes halogenated alkanes) is 2. The number of fused-ring (bicyclic) bond motifs is 1. The molecule has 0 radical (unpaired) electrons. The quantitative estimate of drug-likeness (QED) is 0.530. The van der Waals surface area contributed by atoms with Crippen LogP contribution in [0.3, 0.4) is 0 Å². The van der Waals surface area contributed by atoms with Crippen molar-refractivity contribution in [3.63, 3.8) is 0 Å². The Kier molecular flexibility index (Phi) is 8.08. The maximum atomic E-state index is 6.23. The summed E-state index contributed by atoms with van der Waals surface area (Å²) in [5, 5.41) is 0. The summed E-state index contributed by atoms with van der Waals surface area (Å²) in [7, 11) is 0. The Morgan fingerprint density at radius 2 is 1.86 bits per heavy atom. The zero-order valence-corrected chi connectivity index (χ0v) is 18.0. The molecule has 158 valence electrons. The number of likely N-dealkylation sites (tertiary alicyclic amines) is 1. The molecule has 0 aromatic heterocycles. The van der Waals surface area contributed by atoms with Crippen molar-refractivity contribution < 1.29 is 14.2 Å². The highest BCUT2D eigenvalue weighted by molar-refractivity contribution is 5.85. The van der Waals surface area contributed by atoms with Crippen LogP contribution in [0.25, 0.3) is 0 Å². The van der Waals surface area contributed by atoms with Crippen LogP contribution >= 0.6 is 12.4 Å². The van der Waals surface area contributed by atoms with E-state index >= 15 is 0 Å². The Morgan fingerprint density at radius 3 is 2.69 bits per heavy atom. The van der Waals surface area contributed by atoms with Gasteiger partial charge in [0.05, 0.1) is 6.61 Å². The molecule has 2 atom stereocenters. The summed E-state index contributed by atoms with van der Waals surface area (Å²) < 4.78 is 17.1. The van der Waals surface area contributed by atoms with Crippen LogP contribution < -0.4 is 14.2 Å². The van der Waals surface area contributed by atoms with Crippen LogP contribution in [0.15, 0.2) is 48.5 Å². The predicted octanol–water partition coefficient (Wildman–Crippen LogP) is 5.51. The highest BCUT2D eigenvalue weighted by atomic mass is 35.5. The van der Waals surface area contributed by atoms with Crippen molar-refractivity contribution >= 4 is 12.4 Å². The van der Waals surface area contributed by atoms with Gasteiger partial charge < -0.3 is 19.1 Å². The van der Waals surface area contributed by atoms with Crippen molar-refractivity contribution in [2.75, 3.05) is 33.0 Å². The lowest BCUT2D eigenvalue weighted by Gasteiger charge is -2.39. The molecule has 29 heavy (non-hydrogen) atoms. The van der Waals surface area contributed by atoms with Gasteiger partial charge in [0, 0.05) is 18.5 Å². The Morgan fingerprint density at radius 1 is 1.03 bits per heavy atom. The number of hydrogen-bond donors (Lipinski definition) is 0. The topological polar surface area (TPSA) is 30.9 Å². The Labute approximate surface area is 180 Å². The summed E-state index contributed by atoms with van der Waals surface area (Å²) in [5.74, 6) is 3.48. The molecule has 4 nitrogen and oxygen atoms in total. The van der Waals surface area contributed by atoms with Gasteiger partial charge in [0.2, 0.25) is 6.79 Å². The van der Waals surface area contributed by atoms with Crippen molar-refractivity contribution in [1.82, 2.24) is 4.90 Å². The first-order chi connectivity index (χ1) is 13.8. The predicted molar refractivity (Wildman–Crippen MR) is 119 cm³/mol. The summed E-state index contributed by atoms with van der Waals surface area (Å²) in [4.78, 5) is 2.63. The standard InChI is InChI=1S/C24H31NO3.ClH/c1-2-3-7-13-25-14-12-22(19-8-5-4-6-9-19)20(16-25)17-26-21-10-11-23-24(15-21)28-18-27-23;/h4-6,8-11,15,20,22H,2-3,7,12-14,16-18H2,1H3;1H/t20-,22-;/m0./s1. The summed E-state index contributed by atoms with van der Waals surface area (Å²) in [6, 6.07) is 16.8. The molecule has 1 saturated heterocycles. The molecule has 0 aliphatic carbocycles. The second-order valence-electron chi connectivity index (χ2n) is 7.90. The lowest BCUT2D eigenvalue weighted by molar-refractivity contribution is 0.109. The van der Waals surface area contributed by atoms with E-state index in [1.807, 2.05) is 18.2 Å². The van der Waals surface area contributed by atoms with Gasteiger partial charge >= 0.3 is 0 Å². The van der Waals surface area contributed by atoms with E-state index in [1.54, 1.807) is 0 Å². The Balaban J connectivity index is 0.00000240. The summed E-state index contributed by atoms with van der Waals surface area (Å²) in [6.07, 6.45) is 5.08. The number of halogens is 1. The van der Waals surface area contributed by atoms with E-state index in [9.17, 15) is 0 Å². The van der Waals surface area contributed by atoms with Gasteiger partial charge in [-0.05, 0) is 49.5 Å². The monoisotopic (exact) mass is 417 g/mol. The molecule has 2 aliphatic rings. The number of benzene rings is 2. The molecular formula is C24H32ClNO3. The van der Waals surface area contributed by atoms with Crippen molar-refractivity contribution in [3.05, 3.63) is 54.1 Å². The van der Waals surface area contributed by atoms with Crippen LogP contribution in [0.2, 0.25) is 0 Å². The molecule has 2 aliphatic heterocycles. The Bertz CT molecular complexity index is 755. The van der Waals surface area contributed by atoms with Gasteiger partial charge in [-0.25, -0.2) is 0 Å². The number of hydrogen-bond acceptors (Lipinski definition) is 4. The van der Waals surface area contributed by atoms with E-state index in [1.165, 1.54) is 44.3 Å². The molecule has 0 bridgehead atoms. The third-order valence-corrected chi connectivity index (χ3v) is 5.93. The number of nitrogens with zero attached hydrogens (tertiary/aromatic N) is 1. The molecule has 5 heteroatoms. The maximum Gasteiger partial charge on any atom is 0.231 e.